The molecule has 0 unspecified atom stereocenters. The molecule has 32 heavy (non-hydrogen) atoms. The van der Waals surface area contributed by atoms with Gasteiger partial charge in [-0.1, -0.05) is 11.2 Å². The molecule has 0 aliphatic rings. The lowest BCUT2D eigenvalue weighted by atomic mass is 10.0. The van der Waals surface area contributed by atoms with Gasteiger partial charge in [-0.2, -0.15) is 0 Å². The molecule has 0 fully saturated rings. The maximum atomic E-state index is 13.3. The van der Waals surface area contributed by atoms with E-state index in [-0.39, 0.29) is 22.7 Å². The lowest BCUT2D eigenvalue weighted by Gasteiger charge is -2.11. The van der Waals surface area contributed by atoms with Crippen LogP contribution >= 0.6 is 11.8 Å². The highest BCUT2D eigenvalue weighted by Crippen LogP contribution is 2.29. The van der Waals surface area contributed by atoms with Gasteiger partial charge in [-0.25, -0.2) is 9.37 Å². The van der Waals surface area contributed by atoms with Gasteiger partial charge in [0.2, 0.25) is 0 Å². The number of amides is 2. The van der Waals surface area contributed by atoms with Crippen molar-refractivity contribution in [3.05, 3.63) is 71.7 Å². The summed E-state index contributed by atoms with van der Waals surface area (Å²) in [5.41, 5.74) is 2.71. The highest BCUT2D eigenvalue weighted by Gasteiger charge is 2.20. The Morgan fingerprint density at radius 2 is 1.84 bits per heavy atom. The van der Waals surface area contributed by atoms with Gasteiger partial charge >= 0.3 is 0 Å². The molecule has 2 amide bonds. The molecule has 0 saturated carbocycles. The van der Waals surface area contributed by atoms with E-state index in [1.807, 2.05) is 0 Å². The molecule has 4 rings (SSSR count). The minimum absolute atomic E-state index is 0.117. The molecule has 0 spiro atoms. The zero-order chi connectivity index (χ0) is 22.8. The number of hydrogen-bond donors (Lipinski definition) is 1. The Labute approximate surface area is 187 Å². The first-order valence-corrected chi connectivity index (χ1v) is 10.5. The number of nitrogens with one attached hydrogen (secondary N) is 1. The van der Waals surface area contributed by atoms with Crippen LogP contribution in [0.4, 0.5) is 14.9 Å². The fraction of sp³-hybridized carbons (Fsp3) is 0.130. The largest absolute Gasteiger partial charge is 0.339 e. The Bertz CT molecular complexity index is 1320. The second kappa shape index (κ2) is 8.80. The van der Waals surface area contributed by atoms with Gasteiger partial charge in [0, 0.05) is 30.2 Å². The van der Waals surface area contributed by atoms with Crippen LogP contribution in [0.5, 0.6) is 0 Å². The van der Waals surface area contributed by atoms with Crippen LogP contribution in [0.1, 0.15) is 16.1 Å². The summed E-state index contributed by atoms with van der Waals surface area (Å²) >= 11 is 1.07. The van der Waals surface area contributed by atoms with Crippen LogP contribution in [-0.4, -0.2) is 40.3 Å². The Balaban J connectivity index is 1.68. The van der Waals surface area contributed by atoms with Gasteiger partial charge in [-0.3, -0.25) is 9.59 Å². The van der Waals surface area contributed by atoms with E-state index in [9.17, 15) is 14.0 Å². The highest BCUT2D eigenvalue weighted by molar-refractivity contribution is 8.13. The Hall–Kier alpha value is -3.72. The van der Waals surface area contributed by atoms with E-state index in [4.69, 9.17) is 4.52 Å². The number of pyridine rings is 1. The monoisotopic (exact) mass is 450 g/mol. The minimum atomic E-state index is -0.381. The number of aromatic nitrogens is 2. The number of halogens is 1. The van der Waals surface area contributed by atoms with Gasteiger partial charge in [0.1, 0.15) is 5.82 Å². The summed E-state index contributed by atoms with van der Waals surface area (Å²) in [6.07, 6.45) is 0. The third kappa shape index (κ3) is 4.47. The normalized spacial score (nSPS) is 10.9. The lowest BCUT2D eigenvalue weighted by Crippen LogP contribution is -2.16. The molecule has 1 N–H and O–H groups in total. The van der Waals surface area contributed by atoms with Crippen molar-refractivity contribution in [1.29, 1.82) is 0 Å². The fourth-order valence-electron chi connectivity index (χ4n) is 3.07. The Morgan fingerprint density at radius 3 is 2.56 bits per heavy atom. The van der Waals surface area contributed by atoms with E-state index >= 15 is 0 Å². The van der Waals surface area contributed by atoms with Crippen molar-refractivity contribution in [3.63, 3.8) is 0 Å². The molecule has 2 aromatic heterocycles. The van der Waals surface area contributed by atoms with E-state index in [2.05, 4.69) is 15.5 Å². The third-order valence-electron chi connectivity index (χ3n) is 4.66. The van der Waals surface area contributed by atoms with Crippen LogP contribution < -0.4 is 5.32 Å². The number of thioether (sulfide) groups is 1. The van der Waals surface area contributed by atoms with Gasteiger partial charge < -0.3 is 14.7 Å². The Kier molecular flexibility index (Phi) is 5.91. The van der Waals surface area contributed by atoms with Crippen molar-refractivity contribution in [2.75, 3.05) is 19.4 Å². The predicted octanol–water partition coefficient (Wildman–Crippen LogP) is 5.36. The zero-order valence-electron chi connectivity index (χ0n) is 17.5. The van der Waals surface area contributed by atoms with Crippen molar-refractivity contribution in [2.45, 2.75) is 11.8 Å². The second-order valence-electron chi connectivity index (χ2n) is 7.25. The maximum absolute atomic E-state index is 13.3. The number of nitrogens with zero attached hydrogens (tertiary/aromatic N) is 3. The zero-order valence-corrected chi connectivity index (χ0v) is 18.4. The van der Waals surface area contributed by atoms with Gasteiger partial charge in [-0.15, -0.1) is 0 Å². The molecular weight excluding hydrogens is 431 g/mol. The summed E-state index contributed by atoms with van der Waals surface area (Å²) in [5, 5.41) is 7.18. The predicted molar refractivity (Wildman–Crippen MR) is 121 cm³/mol. The average molecular weight is 450 g/mol. The summed E-state index contributed by atoms with van der Waals surface area (Å²) in [6, 6.07) is 14.5. The van der Waals surface area contributed by atoms with Crippen LogP contribution in [0.3, 0.4) is 0 Å². The van der Waals surface area contributed by atoms with E-state index in [0.717, 1.165) is 11.8 Å². The van der Waals surface area contributed by atoms with Crippen molar-refractivity contribution >= 4 is 39.7 Å². The summed E-state index contributed by atoms with van der Waals surface area (Å²) in [7, 11) is 3.35. The lowest BCUT2D eigenvalue weighted by molar-refractivity contribution is 0.102. The summed E-state index contributed by atoms with van der Waals surface area (Å²) in [4.78, 5) is 31.8. The fourth-order valence-corrected chi connectivity index (χ4v) is 3.79. The molecule has 0 bridgehead atoms. The van der Waals surface area contributed by atoms with Crippen molar-refractivity contribution in [2.24, 2.45) is 0 Å². The van der Waals surface area contributed by atoms with Gasteiger partial charge in [-0.05, 0) is 67.2 Å². The quantitative estimate of drug-likeness (QED) is 0.421. The standard InChI is InChI=1S/C23H19FN4O3S/c1-13-20-18(12-19(26-22(20)31-27-13)14-7-9-15(24)10-8-14)21(29)25-16-5-4-6-17(11-16)32-23(30)28(2)3/h4-12H,1-3H3,(H,25,29). The molecule has 7 nitrogen and oxygen atoms in total. The SMILES string of the molecule is Cc1noc2nc(-c3ccc(F)cc3)cc(C(=O)Nc3cccc(SC(=O)N(C)C)c3)c12. The smallest absolute Gasteiger partial charge is 0.285 e. The van der Waals surface area contributed by atoms with Gasteiger partial charge in [0.05, 0.1) is 22.3 Å². The molecule has 0 atom stereocenters. The van der Waals surface area contributed by atoms with Crippen LogP contribution in [0.25, 0.3) is 22.4 Å². The first kappa shape index (κ1) is 21.5. The molecule has 0 saturated heterocycles. The van der Waals surface area contributed by atoms with Crippen LogP contribution in [0, 0.1) is 12.7 Å². The Morgan fingerprint density at radius 1 is 1.09 bits per heavy atom. The van der Waals surface area contributed by atoms with Gasteiger partial charge in [0.25, 0.3) is 16.9 Å². The molecule has 0 aliphatic heterocycles. The van der Waals surface area contributed by atoms with Gasteiger partial charge in [0.15, 0.2) is 0 Å². The third-order valence-corrected chi connectivity index (χ3v) is 5.69. The van der Waals surface area contributed by atoms with Crippen LogP contribution in [0.15, 0.2) is 64.0 Å². The molecule has 162 valence electrons. The number of aryl methyl sites for hydroxylation is 1. The summed E-state index contributed by atoms with van der Waals surface area (Å²) in [6.45, 7) is 1.73. The number of fused-ring (bicyclic) bond motifs is 1. The van der Waals surface area contributed by atoms with Crippen molar-refractivity contribution in [1.82, 2.24) is 15.0 Å². The molecule has 0 radical (unpaired) electrons. The molecule has 9 heteroatoms. The topological polar surface area (TPSA) is 88.3 Å². The van der Waals surface area contributed by atoms with E-state index in [1.54, 1.807) is 63.5 Å². The highest BCUT2D eigenvalue weighted by atomic mass is 32.2. The molecule has 4 aromatic rings. The second-order valence-corrected chi connectivity index (χ2v) is 8.28. The average Bonchev–Trinajstić information content (AvgIpc) is 3.14. The molecule has 2 aromatic carbocycles. The molecular formula is C23H19FN4O3S. The molecule has 0 aliphatic carbocycles. The number of anilines is 1. The molecule has 2 heterocycles. The van der Waals surface area contributed by atoms with E-state index in [1.165, 1.54) is 17.0 Å². The van der Waals surface area contributed by atoms with Crippen LogP contribution in [0.2, 0.25) is 0 Å². The number of benzene rings is 2. The number of carbonyl (C=O) groups is 2. The maximum Gasteiger partial charge on any atom is 0.285 e. The van der Waals surface area contributed by atoms with E-state index < -0.39 is 0 Å². The minimum Gasteiger partial charge on any atom is -0.339 e. The summed E-state index contributed by atoms with van der Waals surface area (Å²) < 4.78 is 18.6. The van der Waals surface area contributed by atoms with Crippen molar-refractivity contribution < 1.29 is 18.5 Å². The number of hydrogen-bond acceptors (Lipinski definition) is 6. The van der Waals surface area contributed by atoms with E-state index in [0.29, 0.717) is 38.5 Å². The number of carbonyl (C=O) groups excluding carboxylic acids is 2. The first-order valence-electron chi connectivity index (χ1n) is 9.65. The van der Waals surface area contributed by atoms with Crippen LogP contribution in [-0.2, 0) is 0 Å². The number of rotatable bonds is 4. The first-order chi connectivity index (χ1) is 15.3. The van der Waals surface area contributed by atoms with Crippen molar-refractivity contribution in [3.8, 4) is 11.3 Å². The summed E-state index contributed by atoms with van der Waals surface area (Å²) in [5.74, 6) is -0.748.